The maximum absolute atomic E-state index is 12.2. The summed E-state index contributed by atoms with van der Waals surface area (Å²) >= 11 is 0. The van der Waals surface area contributed by atoms with Gasteiger partial charge in [-0.2, -0.15) is 5.10 Å². The number of hydrogen-bond donors (Lipinski definition) is 4. The normalized spacial score (nSPS) is 12.3. The molecule has 0 radical (unpaired) electrons. The second-order valence-corrected chi connectivity index (χ2v) is 5.68. The zero-order chi connectivity index (χ0) is 14.8. The topological polar surface area (TPSA) is 133 Å². The first-order chi connectivity index (χ1) is 9.44. The molecule has 1 aromatic heterocycles. The summed E-state index contributed by atoms with van der Waals surface area (Å²) in [5.74, 6) is -0.106. The Morgan fingerprint density at radius 2 is 2.25 bits per heavy atom. The van der Waals surface area contributed by atoms with Gasteiger partial charge in [0.25, 0.3) is 10.0 Å². The predicted molar refractivity (Wildman–Crippen MR) is 73.1 cm³/mol. The fraction of sp³-hybridized carbons (Fsp3) is 0.0909. The molecule has 0 spiro atoms. The van der Waals surface area contributed by atoms with E-state index in [-0.39, 0.29) is 10.7 Å². The standard InChI is InChI=1S/C11H13N5O3S/c1-7-10(6-13-14-7)20(18,19)16-9-4-2-3-8(5-9)11(12)15-17/h2-6,16-17H,1H3,(H2,12,15)(H,13,14). The molecule has 0 saturated heterocycles. The van der Waals surface area contributed by atoms with Crippen LogP contribution in [0.4, 0.5) is 5.69 Å². The number of nitrogens with zero attached hydrogens (tertiary/aromatic N) is 2. The van der Waals surface area contributed by atoms with Crippen molar-refractivity contribution < 1.29 is 13.6 Å². The molecule has 0 bridgehead atoms. The van der Waals surface area contributed by atoms with E-state index in [0.29, 0.717) is 16.9 Å². The van der Waals surface area contributed by atoms with E-state index in [1.807, 2.05) is 0 Å². The van der Waals surface area contributed by atoms with Crippen LogP contribution in [0.5, 0.6) is 0 Å². The van der Waals surface area contributed by atoms with Gasteiger partial charge in [-0.15, -0.1) is 0 Å². The van der Waals surface area contributed by atoms with E-state index in [2.05, 4.69) is 20.1 Å². The lowest BCUT2D eigenvalue weighted by Crippen LogP contribution is -2.16. The Labute approximate surface area is 115 Å². The minimum Gasteiger partial charge on any atom is -0.409 e. The number of aryl methyl sites for hydroxylation is 1. The zero-order valence-corrected chi connectivity index (χ0v) is 11.3. The van der Waals surface area contributed by atoms with Gasteiger partial charge in [0.1, 0.15) is 4.90 Å². The van der Waals surface area contributed by atoms with Crippen molar-refractivity contribution in [2.75, 3.05) is 4.72 Å². The Balaban J connectivity index is 2.33. The van der Waals surface area contributed by atoms with E-state index < -0.39 is 10.0 Å². The van der Waals surface area contributed by atoms with E-state index in [9.17, 15) is 8.42 Å². The van der Waals surface area contributed by atoms with Crippen LogP contribution < -0.4 is 10.5 Å². The highest BCUT2D eigenvalue weighted by Crippen LogP contribution is 2.18. The molecule has 0 saturated carbocycles. The number of rotatable bonds is 4. The molecule has 2 rings (SSSR count). The summed E-state index contributed by atoms with van der Waals surface area (Å²) in [6.07, 6.45) is 1.23. The van der Waals surface area contributed by atoms with Crippen molar-refractivity contribution in [3.63, 3.8) is 0 Å². The number of H-pyrrole nitrogens is 1. The van der Waals surface area contributed by atoms with E-state index in [1.54, 1.807) is 25.1 Å². The molecular formula is C11H13N5O3S. The molecular weight excluding hydrogens is 282 g/mol. The van der Waals surface area contributed by atoms with E-state index >= 15 is 0 Å². The Kier molecular flexibility index (Phi) is 3.61. The summed E-state index contributed by atoms with van der Waals surface area (Å²) in [5, 5.41) is 17.7. The van der Waals surface area contributed by atoms with Crippen LogP contribution >= 0.6 is 0 Å². The molecule has 0 aliphatic carbocycles. The largest absolute Gasteiger partial charge is 0.409 e. The molecule has 0 amide bonds. The van der Waals surface area contributed by atoms with Gasteiger partial charge in [-0.05, 0) is 19.1 Å². The third-order valence-electron chi connectivity index (χ3n) is 2.59. The highest BCUT2D eigenvalue weighted by molar-refractivity contribution is 7.92. The Morgan fingerprint density at radius 3 is 2.85 bits per heavy atom. The van der Waals surface area contributed by atoms with Gasteiger partial charge in [-0.3, -0.25) is 9.82 Å². The van der Waals surface area contributed by atoms with Gasteiger partial charge in [0.15, 0.2) is 5.84 Å². The van der Waals surface area contributed by atoms with Gasteiger partial charge in [-0.1, -0.05) is 17.3 Å². The summed E-state index contributed by atoms with van der Waals surface area (Å²) in [7, 11) is -3.74. The summed E-state index contributed by atoms with van der Waals surface area (Å²) < 4.78 is 26.7. The molecule has 0 unspecified atom stereocenters. The molecule has 8 nitrogen and oxygen atoms in total. The van der Waals surface area contributed by atoms with Crippen molar-refractivity contribution in [2.24, 2.45) is 10.9 Å². The molecule has 1 heterocycles. The van der Waals surface area contributed by atoms with E-state index in [0.717, 1.165) is 0 Å². The highest BCUT2D eigenvalue weighted by Gasteiger charge is 2.18. The molecule has 0 aliphatic heterocycles. The molecule has 1 aromatic carbocycles. The summed E-state index contributed by atoms with van der Waals surface area (Å²) in [6, 6.07) is 6.20. The summed E-state index contributed by atoms with van der Waals surface area (Å²) in [6.45, 7) is 1.61. The number of nitrogens with two attached hydrogens (primary N) is 1. The number of benzene rings is 1. The molecule has 0 aliphatic rings. The first-order valence-electron chi connectivity index (χ1n) is 5.55. The van der Waals surface area contributed by atoms with Gasteiger partial charge in [-0.25, -0.2) is 8.42 Å². The first kappa shape index (κ1) is 13.9. The number of oxime groups is 1. The van der Waals surface area contributed by atoms with Crippen LogP contribution in [-0.4, -0.2) is 29.7 Å². The number of anilines is 1. The number of sulfonamides is 1. The van der Waals surface area contributed by atoms with Crippen molar-refractivity contribution in [1.29, 1.82) is 0 Å². The SMILES string of the molecule is Cc1[nH]ncc1S(=O)(=O)Nc1cccc(/C(N)=N/O)c1. The summed E-state index contributed by atoms with van der Waals surface area (Å²) in [5.41, 5.74) is 6.59. The van der Waals surface area contributed by atoms with E-state index in [4.69, 9.17) is 10.9 Å². The Hall–Kier alpha value is -2.55. The molecule has 0 fully saturated rings. The highest BCUT2D eigenvalue weighted by atomic mass is 32.2. The van der Waals surface area contributed by atoms with Crippen molar-refractivity contribution >= 4 is 21.5 Å². The van der Waals surface area contributed by atoms with Crippen molar-refractivity contribution in [1.82, 2.24) is 10.2 Å². The number of aromatic amines is 1. The third kappa shape index (κ3) is 2.72. The second kappa shape index (κ2) is 5.21. The monoisotopic (exact) mass is 295 g/mol. The average molecular weight is 295 g/mol. The van der Waals surface area contributed by atoms with Crippen LogP contribution in [0.3, 0.4) is 0 Å². The van der Waals surface area contributed by atoms with Crippen LogP contribution in [0, 0.1) is 6.92 Å². The van der Waals surface area contributed by atoms with Crippen LogP contribution in [-0.2, 0) is 10.0 Å². The first-order valence-corrected chi connectivity index (χ1v) is 7.03. The van der Waals surface area contributed by atoms with Crippen LogP contribution in [0.15, 0.2) is 40.5 Å². The van der Waals surface area contributed by atoms with Crippen molar-refractivity contribution in [2.45, 2.75) is 11.8 Å². The lowest BCUT2D eigenvalue weighted by Gasteiger charge is -2.08. The number of nitrogens with one attached hydrogen (secondary N) is 2. The second-order valence-electron chi connectivity index (χ2n) is 4.03. The molecule has 20 heavy (non-hydrogen) atoms. The molecule has 5 N–H and O–H groups in total. The lowest BCUT2D eigenvalue weighted by atomic mass is 10.2. The van der Waals surface area contributed by atoms with Gasteiger partial charge in [0.2, 0.25) is 0 Å². The quantitative estimate of drug-likeness (QED) is 0.284. The van der Waals surface area contributed by atoms with Crippen LogP contribution in [0.1, 0.15) is 11.3 Å². The predicted octanol–water partition coefficient (Wildman–Crippen LogP) is 0.613. The molecule has 0 atom stereocenters. The van der Waals surface area contributed by atoms with Gasteiger partial charge < -0.3 is 10.9 Å². The smallest absolute Gasteiger partial charge is 0.265 e. The average Bonchev–Trinajstić information content (AvgIpc) is 2.85. The van der Waals surface area contributed by atoms with Gasteiger partial charge in [0.05, 0.1) is 11.9 Å². The van der Waals surface area contributed by atoms with Crippen LogP contribution in [0.2, 0.25) is 0 Å². The third-order valence-corrected chi connectivity index (χ3v) is 4.09. The fourth-order valence-electron chi connectivity index (χ4n) is 1.62. The van der Waals surface area contributed by atoms with Crippen molar-refractivity contribution in [3.8, 4) is 0 Å². The maximum atomic E-state index is 12.2. The fourth-order valence-corrected chi connectivity index (χ4v) is 2.81. The maximum Gasteiger partial charge on any atom is 0.265 e. The Morgan fingerprint density at radius 1 is 1.50 bits per heavy atom. The molecule has 9 heteroatoms. The Bertz CT molecular complexity index is 751. The number of hydrogen-bond acceptors (Lipinski definition) is 5. The zero-order valence-electron chi connectivity index (χ0n) is 10.5. The molecule has 106 valence electrons. The van der Waals surface area contributed by atoms with E-state index in [1.165, 1.54) is 12.3 Å². The minimum atomic E-state index is -3.74. The number of aromatic nitrogens is 2. The number of amidine groups is 1. The minimum absolute atomic E-state index is 0.0618. The lowest BCUT2D eigenvalue weighted by molar-refractivity contribution is 0.318. The van der Waals surface area contributed by atoms with Gasteiger partial charge in [0, 0.05) is 11.3 Å². The van der Waals surface area contributed by atoms with Crippen molar-refractivity contribution in [3.05, 3.63) is 41.7 Å². The summed E-state index contributed by atoms with van der Waals surface area (Å²) in [4.78, 5) is 0.0618. The molecule has 2 aromatic rings. The van der Waals surface area contributed by atoms with Crippen LogP contribution in [0.25, 0.3) is 0 Å². The van der Waals surface area contributed by atoms with Gasteiger partial charge >= 0.3 is 0 Å².